The molecule has 1 amide bonds. The average molecular weight is 353 g/mol. The number of likely N-dealkylation sites (tertiary alicyclic amines) is 1. The third-order valence-electron chi connectivity index (χ3n) is 5.81. The van der Waals surface area contributed by atoms with E-state index in [1.54, 1.807) is 13.0 Å². The molecule has 1 fully saturated rings. The standard InChI is InChI=1S/C20H23N3O3/c1-11-4-17(20(26)21-12(11)2)15-6-18-16-5-14(8-22(10-16)13(3)24)9-23(18)19(25)7-15/h4,6-7,14,16H,5,8-10H2,1-3H3,(H,21,26)/t14-,16+/m0/s1. The zero-order chi connectivity index (χ0) is 18.6. The molecule has 2 aliphatic rings. The number of carbonyl (C=O) groups is 1. The molecule has 0 unspecified atom stereocenters. The molecule has 4 rings (SSSR count). The summed E-state index contributed by atoms with van der Waals surface area (Å²) in [5, 5.41) is 0. The monoisotopic (exact) mass is 353 g/mol. The Morgan fingerprint density at radius 3 is 2.62 bits per heavy atom. The zero-order valence-corrected chi connectivity index (χ0v) is 15.3. The molecular formula is C20H23N3O3. The van der Waals surface area contributed by atoms with Gasteiger partial charge >= 0.3 is 0 Å². The van der Waals surface area contributed by atoms with E-state index in [9.17, 15) is 14.4 Å². The lowest BCUT2D eigenvalue weighted by Crippen LogP contribution is -2.48. The predicted molar refractivity (Wildman–Crippen MR) is 99.3 cm³/mol. The first-order valence-electron chi connectivity index (χ1n) is 9.04. The molecule has 26 heavy (non-hydrogen) atoms. The SMILES string of the molecule is CC(=O)N1C[C@@H]2C[C@H](C1)c1cc(-c3cc(C)c(C)[nH]c3=O)cc(=O)n1C2. The van der Waals surface area contributed by atoms with Gasteiger partial charge in [-0.15, -0.1) is 0 Å². The van der Waals surface area contributed by atoms with E-state index in [1.165, 1.54) is 0 Å². The summed E-state index contributed by atoms with van der Waals surface area (Å²) < 4.78 is 1.83. The quantitative estimate of drug-likeness (QED) is 0.849. The fourth-order valence-corrected chi connectivity index (χ4v) is 4.31. The van der Waals surface area contributed by atoms with Crippen molar-refractivity contribution in [2.75, 3.05) is 13.1 Å². The van der Waals surface area contributed by atoms with Gasteiger partial charge in [-0.2, -0.15) is 0 Å². The van der Waals surface area contributed by atoms with Crippen LogP contribution in [0.2, 0.25) is 0 Å². The lowest BCUT2D eigenvalue weighted by atomic mass is 9.82. The fourth-order valence-electron chi connectivity index (χ4n) is 4.31. The number of piperidine rings is 1. The van der Waals surface area contributed by atoms with E-state index in [-0.39, 0.29) is 22.9 Å². The van der Waals surface area contributed by atoms with Crippen molar-refractivity contribution in [3.05, 3.63) is 55.9 Å². The number of aromatic amines is 1. The van der Waals surface area contributed by atoms with Gasteiger partial charge < -0.3 is 14.5 Å². The largest absolute Gasteiger partial charge is 0.342 e. The van der Waals surface area contributed by atoms with E-state index >= 15 is 0 Å². The smallest absolute Gasteiger partial charge is 0.256 e. The molecule has 2 aliphatic heterocycles. The number of hydrogen-bond acceptors (Lipinski definition) is 3. The number of pyridine rings is 2. The molecule has 1 N–H and O–H groups in total. The first-order chi connectivity index (χ1) is 12.3. The number of aryl methyl sites for hydroxylation is 2. The van der Waals surface area contributed by atoms with E-state index in [1.807, 2.05) is 35.4 Å². The molecule has 6 nitrogen and oxygen atoms in total. The maximum atomic E-state index is 12.7. The minimum absolute atomic E-state index is 0.0684. The van der Waals surface area contributed by atoms with Crippen molar-refractivity contribution in [1.29, 1.82) is 0 Å². The Kier molecular flexibility index (Phi) is 3.86. The first-order valence-corrected chi connectivity index (χ1v) is 9.04. The molecule has 136 valence electrons. The number of hydrogen-bond donors (Lipinski definition) is 1. The Morgan fingerprint density at radius 2 is 1.88 bits per heavy atom. The first kappa shape index (κ1) is 16.8. The van der Waals surface area contributed by atoms with Crippen molar-refractivity contribution in [1.82, 2.24) is 14.5 Å². The molecule has 2 aromatic heterocycles. The number of aromatic nitrogens is 2. The molecule has 2 bridgehead atoms. The second-order valence-electron chi connectivity index (χ2n) is 7.66. The Morgan fingerprint density at radius 1 is 1.12 bits per heavy atom. The fraction of sp³-hybridized carbons (Fsp3) is 0.450. The van der Waals surface area contributed by atoms with Gasteiger partial charge in [-0.1, -0.05) is 0 Å². The molecule has 1 saturated heterocycles. The Bertz CT molecular complexity index is 1020. The summed E-state index contributed by atoms with van der Waals surface area (Å²) in [7, 11) is 0. The topological polar surface area (TPSA) is 75.2 Å². The van der Waals surface area contributed by atoms with Gasteiger partial charge in [-0.05, 0) is 49.4 Å². The summed E-state index contributed by atoms with van der Waals surface area (Å²) in [6, 6.07) is 5.37. The number of carbonyl (C=O) groups excluding carboxylic acids is 1. The molecule has 0 saturated carbocycles. The van der Waals surface area contributed by atoms with Crippen molar-refractivity contribution < 1.29 is 4.79 Å². The summed E-state index contributed by atoms with van der Waals surface area (Å²) in [6.07, 6.45) is 0.982. The molecule has 0 aromatic carbocycles. The Labute approximate surface area is 151 Å². The van der Waals surface area contributed by atoms with Crippen LogP contribution >= 0.6 is 0 Å². The van der Waals surface area contributed by atoms with Crippen LogP contribution in [0.3, 0.4) is 0 Å². The highest BCUT2D eigenvalue weighted by molar-refractivity contribution is 5.73. The van der Waals surface area contributed by atoms with Crippen molar-refractivity contribution in [3.8, 4) is 11.1 Å². The number of amides is 1. The minimum Gasteiger partial charge on any atom is -0.342 e. The van der Waals surface area contributed by atoms with Crippen molar-refractivity contribution in [2.45, 2.75) is 39.7 Å². The molecule has 2 aromatic rings. The van der Waals surface area contributed by atoms with Gasteiger partial charge in [0.2, 0.25) is 5.91 Å². The van der Waals surface area contributed by atoms with Gasteiger partial charge in [-0.25, -0.2) is 0 Å². The van der Waals surface area contributed by atoms with E-state index in [0.29, 0.717) is 30.1 Å². The van der Waals surface area contributed by atoms with Gasteiger partial charge in [0, 0.05) is 55.5 Å². The molecule has 0 aliphatic carbocycles. The van der Waals surface area contributed by atoms with Crippen molar-refractivity contribution in [3.63, 3.8) is 0 Å². The summed E-state index contributed by atoms with van der Waals surface area (Å²) >= 11 is 0. The number of nitrogens with one attached hydrogen (secondary N) is 1. The van der Waals surface area contributed by atoms with Gasteiger partial charge in [0.05, 0.1) is 0 Å². The highest BCUT2D eigenvalue weighted by Crippen LogP contribution is 2.36. The maximum absolute atomic E-state index is 12.7. The van der Waals surface area contributed by atoms with E-state index in [0.717, 1.165) is 29.9 Å². The summed E-state index contributed by atoms with van der Waals surface area (Å²) in [6.45, 7) is 7.39. The van der Waals surface area contributed by atoms with Crippen LogP contribution in [0.15, 0.2) is 27.8 Å². The van der Waals surface area contributed by atoms with Crippen LogP contribution in [0.25, 0.3) is 11.1 Å². The lowest BCUT2D eigenvalue weighted by molar-refractivity contribution is -0.131. The molecule has 0 radical (unpaired) electrons. The van der Waals surface area contributed by atoms with Crippen LogP contribution in [-0.4, -0.2) is 33.4 Å². The van der Waals surface area contributed by atoms with Crippen molar-refractivity contribution in [2.24, 2.45) is 5.92 Å². The summed E-state index contributed by atoms with van der Waals surface area (Å²) in [4.78, 5) is 41.7. The van der Waals surface area contributed by atoms with Crippen LogP contribution < -0.4 is 11.1 Å². The van der Waals surface area contributed by atoms with Crippen molar-refractivity contribution >= 4 is 5.91 Å². The zero-order valence-electron chi connectivity index (χ0n) is 15.3. The molecule has 2 atom stereocenters. The second kappa shape index (κ2) is 5.97. The van der Waals surface area contributed by atoms with Gasteiger partial charge in [0.25, 0.3) is 11.1 Å². The van der Waals surface area contributed by atoms with Gasteiger partial charge in [0.15, 0.2) is 0 Å². The van der Waals surface area contributed by atoms with Crippen LogP contribution in [0.1, 0.15) is 36.2 Å². The highest BCUT2D eigenvalue weighted by atomic mass is 16.2. The normalized spacial score (nSPS) is 21.4. The van der Waals surface area contributed by atoms with Crippen LogP contribution in [-0.2, 0) is 11.3 Å². The van der Waals surface area contributed by atoms with E-state index < -0.39 is 0 Å². The highest BCUT2D eigenvalue weighted by Gasteiger charge is 2.35. The second-order valence-corrected chi connectivity index (χ2v) is 7.66. The average Bonchev–Trinajstić information content (AvgIpc) is 2.58. The summed E-state index contributed by atoms with van der Waals surface area (Å²) in [5.41, 5.74) is 3.69. The number of fused-ring (bicyclic) bond motifs is 4. The third-order valence-corrected chi connectivity index (χ3v) is 5.81. The third kappa shape index (κ3) is 2.69. The van der Waals surface area contributed by atoms with E-state index in [4.69, 9.17) is 0 Å². The lowest BCUT2D eigenvalue weighted by Gasteiger charge is -2.42. The number of rotatable bonds is 1. The molecule has 0 spiro atoms. The van der Waals surface area contributed by atoms with Crippen LogP contribution in [0.4, 0.5) is 0 Å². The van der Waals surface area contributed by atoms with Gasteiger partial charge in [-0.3, -0.25) is 14.4 Å². The molecule has 6 heteroatoms. The number of nitrogens with zero attached hydrogens (tertiary/aromatic N) is 2. The predicted octanol–water partition coefficient (Wildman–Crippen LogP) is 1.79. The van der Waals surface area contributed by atoms with Crippen LogP contribution in [0, 0.1) is 19.8 Å². The summed E-state index contributed by atoms with van der Waals surface area (Å²) in [5.74, 6) is 0.542. The number of H-pyrrole nitrogens is 1. The minimum atomic E-state index is -0.180. The van der Waals surface area contributed by atoms with E-state index in [2.05, 4.69) is 4.98 Å². The maximum Gasteiger partial charge on any atom is 0.256 e. The van der Waals surface area contributed by atoms with Crippen LogP contribution in [0.5, 0.6) is 0 Å². The Hall–Kier alpha value is -2.63. The Balaban J connectivity index is 1.83. The molecule has 4 heterocycles. The van der Waals surface area contributed by atoms with Gasteiger partial charge in [0.1, 0.15) is 0 Å². The molecular weight excluding hydrogens is 330 g/mol.